The fraction of sp³-hybridized carbons (Fsp3) is 0.417. The zero-order valence-electron chi connectivity index (χ0n) is 9.44. The van der Waals surface area contributed by atoms with Gasteiger partial charge in [0.05, 0.1) is 5.56 Å². The molecule has 1 rings (SSSR count). The van der Waals surface area contributed by atoms with Crippen LogP contribution in [0.5, 0.6) is 0 Å². The molecule has 0 saturated carbocycles. The third-order valence-corrected chi connectivity index (χ3v) is 2.85. The summed E-state index contributed by atoms with van der Waals surface area (Å²) in [5.74, 6) is -0.936. The molecule has 5 heteroatoms. The number of carbonyl (C=O) groups is 1. The highest BCUT2D eigenvalue weighted by atomic mass is 35.5. The van der Waals surface area contributed by atoms with E-state index in [2.05, 4.69) is 0 Å². The largest absolute Gasteiger partial charge is 0.417 e. The van der Waals surface area contributed by atoms with Gasteiger partial charge in [0.15, 0.2) is 5.78 Å². The topological polar surface area (TPSA) is 17.1 Å². The molecule has 0 amide bonds. The van der Waals surface area contributed by atoms with Gasteiger partial charge < -0.3 is 0 Å². The predicted molar refractivity (Wildman–Crippen MR) is 60.2 cm³/mol. The minimum atomic E-state index is -4.57. The van der Waals surface area contributed by atoms with Crippen LogP contribution >= 0.6 is 11.6 Å². The molecule has 1 aromatic rings. The van der Waals surface area contributed by atoms with Crippen molar-refractivity contribution in [1.82, 2.24) is 0 Å². The Morgan fingerprint density at radius 3 is 2.47 bits per heavy atom. The van der Waals surface area contributed by atoms with Crippen molar-refractivity contribution in [2.75, 3.05) is 0 Å². The summed E-state index contributed by atoms with van der Waals surface area (Å²) in [6.07, 6.45) is -4.07. The van der Waals surface area contributed by atoms with E-state index in [1.807, 2.05) is 0 Å². The van der Waals surface area contributed by atoms with E-state index in [0.717, 1.165) is 12.1 Å². The quantitative estimate of drug-likeness (QED) is 0.730. The van der Waals surface area contributed by atoms with Crippen molar-refractivity contribution in [1.29, 1.82) is 0 Å². The van der Waals surface area contributed by atoms with Gasteiger partial charge in [0.1, 0.15) is 0 Å². The number of ketones is 1. The fourth-order valence-electron chi connectivity index (χ4n) is 1.42. The summed E-state index contributed by atoms with van der Waals surface area (Å²) in [6.45, 7) is 3.36. The van der Waals surface area contributed by atoms with E-state index < -0.39 is 23.4 Å². The van der Waals surface area contributed by atoms with Crippen LogP contribution in [0.2, 0.25) is 5.02 Å². The van der Waals surface area contributed by atoms with Gasteiger partial charge in [0.25, 0.3) is 0 Å². The maximum Gasteiger partial charge on any atom is 0.417 e. The third-order valence-electron chi connectivity index (χ3n) is 2.61. The Morgan fingerprint density at radius 1 is 1.41 bits per heavy atom. The average Bonchev–Trinajstić information content (AvgIpc) is 2.25. The molecule has 1 aromatic carbocycles. The number of hydrogen-bond acceptors (Lipinski definition) is 1. The lowest BCUT2D eigenvalue weighted by Gasteiger charge is -2.14. The summed E-state index contributed by atoms with van der Waals surface area (Å²) in [5.41, 5.74) is -1.27. The van der Waals surface area contributed by atoms with E-state index >= 15 is 0 Å². The average molecular weight is 265 g/mol. The molecular formula is C12H12ClF3O. The lowest BCUT2D eigenvalue weighted by molar-refractivity contribution is -0.137. The van der Waals surface area contributed by atoms with Gasteiger partial charge in [0.2, 0.25) is 0 Å². The van der Waals surface area contributed by atoms with Crippen molar-refractivity contribution in [3.63, 3.8) is 0 Å². The Bertz CT molecular complexity index is 426. The highest BCUT2D eigenvalue weighted by molar-refractivity contribution is 6.30. The van der Waals surface area contributed by atoms with Crippen molar-refractivity contribution in [3.05, 3.63) is 34.3 Å². The molecule has 0 aliphatic heterocycles. The highest BCUT2D eigenvalue weighted by Crippen LogP contribution is 2.34. The molecule has 0 radical (unpaired) electrons. The number of benzene rings is 1. The first-order valence-electron chi connectivity index (χ1n) is 5.18. The first-order valence-corrected chi connectivity index (χ1v) is 5.56. The summed E-state index contributed by atoms with van der Waals surface area (Å²) in [4.78, 5) is 11.8. The van der Waals surface area contributed by atoms with E-state index in [0.29, 0.717) is 6.42 Å². The van der Waals surface area contributed by atoms with Crippen LogP contribution in [-0.4, -0.2) is 5.78 Å². The van der Waals surface area contributed by atoms with Crippen LogP contribution in [0.1, 0.15) is 36.2 Å². The Balaban J connectivity index is 3.29. The molecule has 94 valence electrons. The summed E-state index contributed by atoms with van der Waals surface area (Å²) < 4.78 is 38.2. The van der Waals surface area contributed by atoms with Crippen LogP contribution in [-0.2, 0) is 6.18 Å². The van der Waals surface area contributed by atoms with Gasteiger partial charge >= 0.3 is 6.18 Å². The maximum absolute atomic E-state index is 12.7. The Kier molecular flexibility index (Phi) is 4.20. The van der Waals surface area contributed by atoms with Crippen molar-refractivity contribution >= 4 is 17.4 Å². The monoisotopic (exact) mass is 264 g/mol. The zero-order valence-corrected chi connectivity index (χ0v) is 10.2. The molecule has 0 bridgehead atoms. The van der Waals surface area contributed by atoms with Gasteiger partial charge in [-0.15, -0.1) is 0 Å². The van der Waals surface area contributed by atoms with Gasteiger partial charge in [-0.2, -0.15) is 13.2 Å². The molecule has 1 nitrogen and oxygen atoms in total. The van der Waals surface area contributed by atoms with Crippen molar-refractivity contribution in [3.8, 4) is 0 Å². The number of rotatable bonds is 3. The Hall–Kier alpha value is -1.03. The fourth-order valence-corrected chi connectivity index (χ4v) is 1.59. The van der Waals surface area contributed by atoms with Crippen LogP contribution in [0.4, 0.5) is 13.2 Å². The van der Waals surface area contributed by atoms with Gasteiger partial charge in [-0.05, 0) is 24.6 Å². The van der Waals surface area contributed by atoms with Gasteiger partial charge in [-0.25, -0.2) is 0 Å². The molecule has 0 fully saturated rings. The van der Waals surface area contributed by atoms with Crippen LogP contribution in [0.15, 0.2) is 18.2 Å². The SMILES string of the molecule is CCC(C)C(=O)c1ccc(Cl)cc1C(F)(F)F. The molecule has 0 aliphatic rings. The van der Waals surface area contributed by atoms with Crippen LogP contribution in [0.3, 0.4) is 0 Å². The number of Topliss-reactive ketones (excluding diaryl/α,β-unsaturated/α-hetero) is 1. The third kappa shape index (κ3) is 3.22. The summed E-state index contributed by atoms with van der Waals surface area (Å²) in [5, 5.41) is -0.0296. The lowest BCUT2D eigenvalue weighted by Crippen LogP contribution is -2.17. The van der Waals surface area contributed by atoms with Gasteiger partial charge in [-0.3, -0.25) is 4.79 Å². The number of halogens is 4. The number of carbonyl (C=O) groups excluding carboxylic acids is 1. The Morgan fingerprint density at radius 2 is 2.00 bits per heavy atom. The molecule has 1 unspecified atom stereocenters. The smallest absolute Gasteiger partial charge is 0.294 e. The second kappa shape index (κ2) is 5.08. The van der Waals surface area contributed by atoms with Crippen molar-refractivity contribution in [2.45, 2.75) is 26.4 Å². The molecule has 0 saturated heterocycles. The summed E-state index contributed by atoms with van der Waals surface area (Å²) in [6, 6.07) is 3.23. The number of hydrogen-bond donors (Lipinski definition) is 0. The van der Waals surface area contributed by atoms with E-state index in [4.69, 9.17) is 11.6 Å². The molecule has 1 atom stereocenters. The van der Waals surface area contributed by atoms with Gasteiger partial charge in [0, 0.05) is 16.5 Å². The van der Waals surface area contributed by atoms with E-state index in [9.17, 15) is 18.0 Å². The number of alkyl halides is 3. The first kappa shape index (κ1) is 14.0. The highest BCUT2D eigenvalue weighted by Gasteiger charge is 2.35. The predicted octanol–water partition coefficient (Wildman–Crippen LogP) is 4.59. The van der Waals surface area contributed by atoms with Crippen molar-refractivity contribution < 1.29 is 18.0 Å². The molecule has 0 spiro atoms. The molecule has 17 heavy (non-hydrogen) atoms. The molecule has 0 heterocycles. The minimum absolute atomic E-state index is 0.0296. The second-order valence-corrected chi connectivity index (χ2v) is 4.30. The standard InChI is InChI=1S/C12H12ClF3O/c1-3-7(2)11(17)9-5-4-8(13)6-10(9)12(14,15)16/h4-7H,3H2,1-2H3. The van der Waals surface area contributed by atoms with Crippen LogP contribution < -0.4 is 0 Å². The normalized spacial score (nSPS) is 13.5. The molecule has 0 aromatic heterocycles. The first-order chi connectivity index (χ1) is 7.77. The molecule has 0 N–H and O–H groups in total. The second-order valence-electron chi connectivity index (χ2n) is 3.86. The minimum Gasteiger partial charge on any atom is -0.294 e. The zero-order chi connectivity index (χ0) is 13.2. The van der Waals surface area contributed by atoms with E-state index in [1.54, 1.807) is 13.8 Å². The Labute approximate surface area is 103 Å². The lowest BCUT2D eigenvalue weighted by atomic mass is 9.93. The van der Waals surface area contributed by atoms with Gasteiger partial charge in [-0.1, -0.05) is 25.4 Å². The molecular weight excluding hydrogens is 253 g/mol. The maximum atomic E-state index is 12.7. The van der Waals surface area contributed by atoms with Crippen molar-refractivity contribution in [2.24, 2.45) is 5.92 Å². The summed E-state index contributed by atoms with van der Waals surface area (Å²) in [7, 11) is 0. The van der Waals surface area contributed by atoms with Crippen LogP contribution in [0, 0.1) is 5.92 Å². The van der Waals surface area contributed by atoms with E-state index in [1.165, 1.54) is 6.07 Å². The molecule has 0 aliphatic carbocycles. The summed E-state index contributed by atoms with van der Waals surface area (Å²) >= 11 is 5.53. The van der Waals surface area contributed by atoms with E-state index in [-0.39, 0.29) is 10.6 Å². The van der Waals surface area contributed by atoms with Crippen LogP contribution in [0.25, 0.3) is 0 Å².